The van der Waals surface area contributed by atoms with Gasteiger partial charge >= 0.3 is 0 Å². The van der Waals surface area contributed by atoms with E-state index in [1.54, 1.807) is 19.1 Å². The zero-order valence-corrected chi connectivity index (χ0v) is 11.2. The van der Waals surface area contributed by atoms with E-state index in [2.05, 4.69) is 5.32 Å². The van der Waals surface area contributed by atoms with Gasteiger partial charge in [0.25, 0.3) is 5.91 Å². The van der Waals surface area contributed by atoms with Gasteiger partial charge in [-0.25, -0.2) is 0 Å². The Labute approximate surface area is 117 Å². The Kier molecular flexibility index (Phi) is 4.38. The van der Waals surface area contributed by atoms with E-state index in [0.717, 1.165) is 5.56 Å². The van der Waals surface area contributed by atoms with E-state index in [-0.39, 0.29) is 18.3 Å². The summed E-state index contributed by atoms with van der Waals surface area (Å²) < 4.78 is 0. The van der Waals surface area contributed by atoms with Crippen molar-refractivity contribution in [1.29, 1.82) is 0 Å². The third-order valence-corrected chi connectivity index (χ3v) is 3.24. The van der Waals surface area contributed by atoms with Gasteiger partial charge in [-0.2, -0.15) is 0 Å². The summed E-state index contributed by atoms with van der Waals surface area (Å²) in [4.78, 5) is 12.2. The lowest BCUT2D eigenvalue weighted by atomic mass is 10.0. The van der Waals surface area contributed by atoms with Gasteiger partial charge in [0.15, 0.2) is 0 Å². The maximum absolute atomic E-state index is 12.2. The fraction of sp³-hybridized carbons (Fsp3) is 0.188. The molecule has 0 aromatic heterocycles. The van der Waals surface area contributed by atoms with E-state index < -0.39 is 6.04 Å². The first-order valence-corrected chi connectivity index (χ1v) is 6.38. The second-order valence-electron chi connectivity index (χ2n) is 4.57. The number of aromatic hydroxyl groups is 1. The number of hydrogen-bond acceptors (Lipinski definition) is 3. The molecule has 0 aliphatic carbocycles. The molecule has 0 fully saturated rings. The van der Waals surface area contributed by atoms with Crippen LogP contribution in [0.15, 0.2) is 48.5 Å². The fourth-order valence-corrected chi connectivity index (χ4v) is 2.03. The average molecular weight is 271 g/mol. The third kappa shape index (κ3) is 2.97. The van der Waals surface area contributed by atoms with Crippen molar-refractivity contribution >= 4 is 5.91 Å². The second kappa shape index (κ2) is 6.21. The predicted octanol–water partition coefficient (Wildman–Crippen LogP) is 2.16. The van der Waals surface area contributed by atoms with Crippen LogP contribution in [0.25, 0.3) is 0 Å². The Morgan fingerprint density at radius 1 is 1.15 bits per heavy atom. The number of carbonyl (C=O) groups is 1. The number of nitrogens with one attached hydrogen (secondary N) is 1. The van der Waals surface area contributed by atoms with Crippen LogP contribution in [0.5, 0.6) is 5.75 Å². The topological polar surface area (TPSA) is 69.6 Å². The molecule has 2 rings (SSSR count). The highest BCUT2D eigenvalue weighted by molar-refractivity contribution is 5.96. The molecule has 2 aromatic carbocycles. The Morgan fingerprint density at radius 2 is 1.85 bits per heavy atom. The number of benzene rings is 2. The van der Waals surface area contributed by atoms with Crippen LogP contribution in [0.3, 0.4) is 0 Å². The van der Waals surface area contributed by atoms with Crippen LogP contribution in [-0.2, 0) is 0 Å². The van der Waals surface area contributed by atoms with E-state index in [1.165, 1.54) is 6.07 Å². The molecule has 2 aromatic rings. The number of phenolic OH excluding ortho intramolecular Hbond substituents is 1. The van der Waals surface area contributed by atoms with Crippen LogP contribution in [0, 0.1) is 6.92 Å². The highest BCUT2D eigenvalue weighted by atomic mass is 16.3. The molecular weight excluding hydrogens is 254 g/mol. The lowest BCUT2D eigenvalue weighted by Gasteiger charge is -2.17. The van der Waals surface area contributed by atoms with Gasteiger partial charge in [-0.3, -0.25) is 4.79 Å². The standard InChI is InChI=1S/C16H17NO3/c1-11-13(8-5-9-15(11)19)16(20)17-14(10-18)12-6-3-2-4-7-12/h2-9,14,18-19H,10H2,1H3,(H,17,20). The Bertz CT molecular complexity index is 596. The zero-order chi connectivity index (χ0) is 14.5. The van der Waals surface area contributed by atoms with Gasteiger partial charge in [0.05, 0.1) is 12.6 Å². The largest absolute Gasteiger partial charge is 0.508 e. The van der Waals surface area contributed by atoms with Gasteiger partial charge in [-0.1, -0.05) is 36.4 Å². The number of amides is 1. The summed E-state index contributed by atoms with van der Waals surface area (Å²) in [6.45, 7) is 1.49. The molecule has 20 heavy (non-hydrogen) atoms. The van der Waals surface area contributed by atoms with Gasteiger partial charge in [0, 0.05) is 11.1 Å². The van der Waals surface area contributed by atoms with E-state index in [9.17, 15) is 15.0 Å². The fourth-order valence-electron chi connectivity index (χ4n) is 2.03. The van der Waals surface area contributed by atoms with Gasteiger partial charge in [0.2, 0.25) is 0 Å². The van der Waals surface area contributed by atoms with Crippen molar-refractivity contribution in [2.24, 2.45) is 0 Å². The normalized spacial score (nSPS) is 11.9. The Balaban J connectivity index is 2.20. The van der Waals surface area contributed by atoms with Crippen molar-refractivity contribution in [1.82, 2.24) is 5.32 Å². The molecule has 104 valence electrons. The van der Waals surface area contributed by atoms with Crippen LogP contribution in [0.2, 0.25) is 0 Å². The van der Waals surface area contributed by atoms with Crippen LogP contribution >= 0.6 is 0 Å². The first-order valence-electron chi connectivity index (χ1n) is 6.38. The van der Waals surface area contributed by atoms with Gasteiger partial charge in [0.1, 0.15) is 5.75 Å². The Morgan fingerprint density at radius 3 is 2.50 bits per heavy atom. The quantitative estimate of drug-likeness (QED) is 0.798. The summed E-state index contributed by atoms with van der Waals surface area (Å²) in [6, 6.07) is 13.6. The van der Waals surface area contributed by atoms with Crippen LogP contribution < -0.4 is 5.32 Å². The number of phenols is 1. The maximum atomic E-state index is 12.2. The molecule has 0 saturated heterocycles. The van der Waals surface area contributed by atoms with Crippen molar-refractivity contribution in [3.05, 3.63) is 65.2 Å². The highest BCUT2D eigenvalue weighted by Gasteiger charge is 2.17. The molecule has 4 heteroatoms. The van der Waals surface area contributed by atoms with Gasteiger partial charge in [-0.15, -0.1) is 0 Å². The summed E-state index contributed by atoms with van der Waals surface area (Å²) in [5.74, 6) is -0.237. The molecule has 4 nitrogen and oxygen atoms in total. The van der Waals surface area contributed by atoms with Crippen molar-refractivity contribution in [2.45, 2.75) is 13.0 Å². The van der Waals surface area contributed by atoms with E-state index in [0.29, 0.717) is 11.1 Å². The van der Waals surface area contributed by atoms with E-state index in [4.69, 9.17) is 0 Å². The van der Waals surface area contributed by atoms with E-state index in [1.807, 2.05) is 30.3 Å². The number of hydrogen-bond donors (Lipinski definition) is 3. The zero-order valence-electron chi connectivity index (χ0n) is 11.2. The lowest BCUT2D eigenvalue weighted by molar-refractivity contribution is 0.0915. The van der Waals surface area contributed by atoms with Crippen molar-refractivity contribution in [3.63, 3.8) is 0 Å². The van der Waals surface area contributed by atoms with E-state index >= 15 is 0 Å². The van der Waals surface area contributed by atoms with Crippen LogP contribution in [0.4, 0.5) is 0 Å². The Hall–Kier alpha value is -2.33. The molecule has 0 spiro atoms. The molecule has 3 N–H and O–H groups in total. The summed E-state index contributed by atoms with van der Waals surface area (Å²) >= 11 is 0. The third-order valence-electron chi connectivity index (χ3n) is 3.24. The van der Waals surface area contributed by atoms with Crippen molar-refractivity contribution in [3.8, 4) is 5.75 Å². The lowest BCUT2D eigenvalue weighted by Crippen LogP contribution is -2.31. The number of rotatable bonds is 4. The monoisotopic (exact) mass is 271 g/mol. The molecular formula is C16H17NO3. The van der Waals surface area contributed by atoms with Crippen LogP contribution in [-0.4, -0.2) is 22.7 Å². The maximum Gasteiger partial charge on any atom is 0.252 e. The number of aliphatic hydroxyl groups excluding tert-OH is 1. The second-order valence-corrected chi connectivity index (χ2v) is 4.57. The summed E-state index contributed by atoms with van der Waals surface area (Å²) in [5.41, 5.74) is 1.76. The SMILES string of the molecule is Cc1c(O)cccc1C(=O)NC(CO)c1ccccc1. The summed E-state index contributed by atoms with van der Waals surface area (Å²) in [5, 5.41) is 21.8. The smallest absolute Gasteiger partial charge is 0.252 e. The van der Waals surface area contributed by atoms with Gasteiger partial charge < -0.3 is 15.5 Å². The molecule has 0 aliphatic rings. The van der Waals surface area contributed by atoms with Gasteiger partial charge in [-0.05, 0) is 24.6 Å². The molecule has 1 atom stereocenters. The predicted molar refractivity (Wildman–Crippen MR) is 76.6 cm³/mol. The molecule has 0 radical (unpaired) electrons. The molecule has 0 heterocycles. The molecule has 0 saturated carbocycles. The average Bonchev–Trinajstić information content (AvgIpc) is 2.48. The minimum Gasteiger partial charge on any atom is -0.508 e. The van der Waals surface area contributed by atoms with Crippen LogP contribution in [0.1, 0.15) is 27.5 Å². The van der Waals surface area contributed by atoms with Crippen molar-refractivity contribution < 1.29 is 15.0 Å². The minimum absolute atomic E-state index is 0.0814. The molecule has 1 amide bonds. The summed E-state index contributed by atoms with van der Waals surface area (Å²) in [6.07, 6.45) is 0. The first kappa shape index (κ1) is 14.1. The molecule has 0 aliphatic heterocycles. The number of aliphatic hydroxyl groups is 1. The highest BCUT2D eigenvalue weighted by Crippen LogP contribution is 2.20. The minimum atomic E-state index is -0.467. The summed E-state index contributed by atoms with van der Waals surface area (Å²) in [7, 11) is 0. The molecule has 1 unspecified atom stereocenters. The number of carbonyl (C=O) groups excluding carboxylic acids is 1. The first-order chi connectivity index (χ1) is 9.63. The van der Waals surface area contributed by atoms with Crippen molar-refractivity contribution in [2.75, 3.05) is 6.61 Å². The molecule has 0 bridgehead atoms.